The van der Waals surface area contributed by atoms with Crippen LogP contribution in [0.2, 0.25) is 0 Å². The molecule has 1 amide bonds. The Morgan fingerprint density at radius 2 is 2.40 bits per heavy atom. The second-order valence-corrected chi connectivity index (χ2v) is 5.15. The minimum absolute atomic E-state index is 0.0772. The van der Waals surface area contributed by atoms with E-state index in [1.807, 2.05) is 0 Å². The van der Waals surface area contributed by atoms with E-state index < -0.39 is 4.92 Å². The van der Waals surface area contributed by atoms with E-state index in [-0.39, 0.29) is 11.7 Å². The number of carbonyl (C=O) groups excluding carboxylic acids is 1. The van der Waals surface area contributed by atoms with Gasteiger partial charge < -0.3 is 20.7 Å². The molecule has 1 atom stereocenters. The smallest absolute Gasteiger partial charge is 0.323 e. The molecule has 1 saturated heterocycles. The van der Waals surface area contributed by atoms with E-state index in [2.05, 4.69) is 10.6 Å². The number of nitrogens with one attached hydrogen (secondary N) is 2. The molecule has 2 rings (SSSR count). The summed E-state index contributed by atoms with van der Waals surface area (Å²) in [7, 11) is 1.53. The summed E-state index contributed by atoms with van der Waals surface area (Å²) < 4.78 is 1.30. The molecule has 1 unspecified atom stereocenters. The third kappa shape index (κ3) is 3.36. The number of piperidine rings is 1. The van der Waals surface area contributed by atoms with Crippen molar-refractivity contribution >= 4 is 11.7 Å². The van der Waals surface area contributed by atoms with Crippen molar-refractivity contribution in [3.63, 3.8) is 0 Å². The molecule has 1 aliphatic heterocycles. The molecule has 20 heavy (non-hydrogen) atoms. The van der Waals surface area contributed by atoms with Gasteiger partial charge in [-0.15, -0.1) is 0 Å². The number of nitro groups is 1. The number of amides is 1. The van der Waals surface area contributed by atoms with Crippen molar-refractivity contribution in [3.05, 3.63) is 27.9 Å². The molecule has 0 saturated carbocycles. The zero-order valence-electron chi connectivity index (χ0n) is 11.6. The van der Waals surface area contributed by atoms with E-state index in [9.17, 15) is 14.9 Å². The van der Waals surface area contributed by atoms with Crippen molar-refractivity contribution < 1.29 is 9.72 Å². The topological polar surface area (TPSA) is 89.2 Å². The Labute approximate surface area is 117 Å². The maximum atomic E-state index is 12.0. The number of rotatable bonds is 5. The molecule has 0 spiro atoms. The summed E-state index contributed by atoms with van der Waals surface area (Å²) in [6.07, 6.45) is 3.31. The monoisotopic (exact) mass is 280 g/mol. The molecule has 7 heteroatoms. The highest BCUT2D eigenvalue weighted by atomic mass is 16.6. The summed E-state index contributed by atoms with van der Waals surface area (Å²) in [5, 5.41) is 16.9. The number of aromatic nitrogens is 1. The van der Waals surface area contributed by atoms with Gasteiger partial charge in [0.15, 0.2) is 5.69 Å². The highest BCUT2D eigenvalue weighted by molar-refractivity contribution is 5.93. The molecule has 110 valence electrons. The SMILES string of the molecule is Cn1c(C(=O)NCCC2CCCNC2)ccc1[N+](=O)[O-]. The quantitative estimate of drug-likeness (QED) is 0.623. The van der Waals surface area contributed by atoms with Crippen molar-refractivity contribution in [2.75, 3.05) is 19.6 Å². The average molecular weight is 280 g/mol. The third-order valence-corrected chi connectivity index (χ3v) is 3.75. The summed E-state index contributed by atoms with van der Waals surface area (Å²) in [4.78, 5) is 22.2. The van der Waals surface area contributed by atoms with Gasteiger partial charge in [-0.2, -0.15) is 0 Å². The van der Waals surface area contributed by atoms with Gasteiger partial charge >= 0.3 is 5.82 Å². The predicted molar refractivity (Wildman–Crippen MR) is 74.6 cm³/mol. The van der Waals surface area contributed by atoms with Gasteiger partial charge in [-0.25, -0.2) is 4.57 Å². The molecule has 1 aromatic rings. The van der Waals surface area contributed by atoms with E-state index in [1.165, 1.54) is 36.6 Å². The summed E-state index contributed by atoms with van der Waals surface area (Å²) >= 11 is 0. The van der Waals surface area contributed by atoms with Gasteiger partial charge in [0.1, 0.15) is 0 Å². The van der Waals surface area contributed by atoms with E-state index in [4.69, 9.17) is 0 Å². The Kier molecular flexibility index (Phi) is 4.73. The first-order chi connectivity index (χ1) is 9.59. The maximum absolute atomic E-state index is 12.0. The highest BCUT2D eigenvalue weighted by Crippen LogP contribution is 2.15. The van der Waals surface area contributed by atoms with Crippen LogP contribution in [0.4, 0.5) is 5.82 Å². The molecular formula is C13H20N4O3. The van der Waals surface area contributed by atoms with Crippen LogP contribution in [0, 0.1) is 16.0 Å². The molecule has 2 N–H and O–H groups in total. The van der Waals surface area contributed by atoms with Crippen molar-refractivity contribution in [2.45, 2.75) is 19.3 Å². The Hall–Kier alpha value is -1.89. The summed E-state index contributed by atoms with van der Waals surface area (Å²) in [5.74, 6) is 0.266. The summed E-state index contributed by atoms with van der Waals surface area (Å²) in [6, 6.07) is 2.83. The highest BCUT2D eigenvalue weighted by Gasteiger charge is 2.20. The van der Waals surface area contributed by atoms with Crippen LogP contribution in [0.15, 0.2) is 12.1 Å². The molecule has 1 aliphatic rings. The van der Waals surface area contributed by atoms with Gasteiger partial charge in [0, 0.05) is 12.6 Å². The Morgan fingerprint density at radius 3 is 3.00 bits per heavy atom. The van der Waals surface area contributed by atoms with Crippen LogP contribution in [-0.4, -0.2) is 35.0 Å². The first kappa shape index (κ1) is 14.5. The first-order valence-electron chi connectivity index (χ1n) is 6.88. The Balaban J connectivity index is 1.84. The molecular weight excluding hydrogens is 260 g/mol. The van der Waals surface area contributed by atoms with Crippen molar-refractivity contribution in [1.29, 1.82) is 0 Å². The van der Waals surface area contributed by atoms with Crippen LogP contribution in [0.3, 0.4) is 0 Å². The second kappa shape index (κ2) is 6.51. The number of hydrogen-bond donors (Lipinski definition) is 2. The van der Waals surface area contributed by atoms with Crippen molar-refractivity contribution in [2.24, 2.45) is 13.0 Å². The van der Waals surface area contributed by atoms with Crippen LogP contribution < -0.4 is 10.6 Å². The maximum Gasteiger partial charge on any atom is 0.323 e. The van der Waals surface area contributed by atoms with E-state index >= 15 is 0 Å². The summed E-state index contributed by atoms with van der Waals surface area (Å²) in [5.41, 5.74) is 0.318. The second-order valence-electron chi connectivity index (χ2n) is 5.15. The van der Waals surface area contributed by atoms with Crippen LogP contribution in [-0.2, 0) is 7.05 Å². The molecule has 0 aromatic carbocycles. The molecule has 0 aliphatic carbocycles. The van der Waals surface area contributed by atoms with Crippen molar-refractivity contribution in [1.82, 2.24) is 15.2 Å². The Morgan fingerprint density at radius 1 is 1.60 bits per heavy atom. The lowest BCUT2D eigenvalue weighted by molar-refractivity contribution is -0.391. The van der Waals surface area contributed by atoms with Gasteiger partial charge in [-0.3, -0.25) is 4.79 Å². The van der Waals surface area contributed by atoms with Crippen LogP contribution in [0.5, 0.6) is 0 Å². The van der Waals surface area contributed by atoms with Gasteiger partial charge in [-0.05, 0) is 49.3 Å². The fourth-order valence-electron chi connectivity index (χ4n) is 2.56. The Bertz CT molecular complexity index is 492. The van der Waals surface area contributed by atoms with Crippen LogP contribution in [0.25, 0.3) is 0 Å². The minimum atomic E-state index is -0.496. The van der Waals surface area contributed by atoms with Gasteiger partial charge in [0.25, 0.3) is 5.91 Å². The largest absolute Gasteiger partial charge is 0.358 e. The lowest BCUT2D eigenvalue weighted by Crippen LogP contribution is -2.33. The zero-order valence-corrected chi connectivity index (χ0v) is 11.6. The fourth-order valence-corrected chi connectivity index (χ4v) is 2.56. The molecule has 1 aromatic heterocycles. The summed E-state index contributed by atoms with van der Waals surface area (Å²) in [6.45, 7) is 2.69. The van der Waals surface area contributed by atoms with Gasteiger partial charge in [0.05, 0.1) is 7.05 Å². The van der Waals surface area contributed by atoms with Crippen molar-refractivity contribution in [3.8, 4) is 0 Å². The van der Waals surface area contributed by atoms with Gasteiger partial charge in [0.2, 0.25) is 0 Å². The van der Waals surface area contributed by atoms with Gasteiger partial charge in [-0.1, -0.05) is 0 Å². The number of nitrogens with zero attached hydrogens (tertiary/aromatic N) is 2. The molecule has 2 heterocycles. The lowest BCUT2D eigenvalue weighted by atomic mass is 9.96. The molecule has 7 nitrogen and oxygen atoms in total. The third-order valence-electron chi connectivity index (χ3n) is 3.75. The van der Waals surface area contributed by atoms with Crippen LogP contribution in [0.1, 0.15) is 29.8 Å². The number of carbonyl (C=O) groups is 1. The fraction of sp³-hybridized carbons (Fsp3) is 0.615. The van der Waals surface area contributed by atoms with E-state index in [0.29, 0.717) is 18.2 Å². The minimum Gasteiger partial charge on any atom is -0.358 e. The molecule has 1 fully saturated rings. The lowest BCUT2D eigenvalue weighted by Gasteiger charge is -2.22. The normalized spacial score (nSPS) is 18.8. The number of hydrogen-bond acceptors (Lipinski definition) is 4. The predicted octanol–water partition coefficient (Wildman–Crippen LogP) is 1.05. The molecule has 0 bridgehead atoms. The average Bonchev–Trinajstić information content (AvgIpc) is 2.82. The standard InChI is InChI=1S/C13H20N4O3/c1-16-11(4-5-12(16)17(19)20)13(18)15-8-6-10-3-2-7-14-9-10/h4-5,10,14H,2-3,6-9H2,1H3,(H,15,18). The molecule has 0 radical (unpaired) electrons. The first-order valence-corrected chi connectivity index (χ1v) is 6.88. The van der Waals surface area contributed by atoms with E-state index in [1.54, 1.807) is 0 Å². The van der Waals surface area contributed by atoms with Crippen LogP contribution >= 0.6 is 0 Å². The van der Waals surface area contributed by atoms with E-state index in [0.717, 1.165) is 19.5 Å². The zero-order chi connectivity index (χ0) is 14.5.